The zero-order valence-electron chi connectivity index (χ0n) is 12.0. The van der Waals surface area contributed by atoms with Gasteiger partial charge in [-0.15, -0.1) is 0 Å². The number of hydrogen-bond donors (Lipinski definition) is 2. The molecule has 0 amide bonds. The van der Waals surface area contributed by atoms with E-state index in [1.54, 1.807) is 31.4 Å². The van der Waals surface area contributed by atoms with E-state index in [1.165, 1.54) is 6.07 Å². The number of ether oxygens (including phenoxy) is 2. The molecule has 0 aliphatic carbocycles. The highest BCUT2D eigenvalue weighted by Gasteiger charge is 2.20. The zero-order valence-corrected chi connectivity index (χ0v) is 12.0. The van der Waals surface area contributed by atoms with Crippen molar-refractivity contribution in [1.29, 1.82) is 0 Å². The van der Waals surface area contributed by atoms with Crippen LogP contribution in [0.15, 0.2) is 36.4 Å². The number of nitrogen functional groups attached to an aromatic ring is 1. The fourth-order valence-electron chi connectivity index (χ4n) is 2.15. The third kappa shape index (κ3) is 3.25. The maximum absolute atomic E-state index is 13.6. The Hall–Kier alpha value is -2.27. The second kappa shape index (κ2) is 6.45. The second-order valence-electron chi connectivity index (χ2n) is 4.54. The summed E-state index contributed by atoms with van der Waals surface area (Å²) in [5, 5.41) is 10.1. The first-order chi connectivity index (χ1) is 10.1. The lowest BCUT2D eigenvalue weighted by Gasteiger charge is -2.20. The van der Waals surface area contributed by atoms with Gasteiger partial charge in [0, 0.05) is 18.2 Å². The molecule has 0 heterocycles. The first-order valence-electron chi connectivity index (χ1n) is 6.60. The molecule has 0 saturated heterocycles. The molecule has 1 atom stereocenters. The van der Waals surface area contributed by atoms with Gasteiger partial charge in [-0.1, -0.05) is 12.1 Å². The molecule has 112 valence electrons. The van der Waals surface area contributed by atoms with Crippen LogP contribution in [0.3, 0.4) is 0 Å². The van der Waals surface area contributed by atoms with Crippen molar-refractivity contribution in [3.8, 4) is 11.5 Å². The van der Waals surface area contributed by atoms with E-state index in [0.29, 0.717) is 17.9 Å². The van der Waals surface area contributed by atoms with E-state index in [2.05, 4.69) is 0 Å². The Morgan fingerprint density at radius 3 is 2.48 bits per heavy atom. The average Bonchev–Trinajstić information content (AvgIpc) is 2.49. The minimum atomic E-state index is -0.598. The number of rotatable bonds is 5. The van der Waals surface area contributed by atoms with Crippen molar-refractivity contribution in [2.45, 2.75) is 13.0 Å². The van der Waals surface area contributed by atoms with Gasteiger partial charge in [0.1, 0.15) is 23.4 Å². The fraction of sp³-hybridized carbons (Fsp3) is 0.250. The summed E-state index contributed by atoms with van der Waals surface area (Å²) in [4.78, 5) is 0. The highest BCUT2D eigenvalue weighted by molar-refractivity contribution is 5.58. The number of methoxy groups -OCH3 is 1. The van der Waals surface area contributed by atoms with E-state index in [-0.39, 0.29) is 11.4 Å². The zero-order chi connectivity index (χ0) is 15.4. The van der Waals surface area contributed by atoms with Crippen molar-refractivity contribution in [2.24, 2.45) is 0 Å². The van der Waals surface area contributed by atoms with Gasteiger partial charge in [0.05, 0.1) is 12.8 Å². The summed E-state index contributed by atoms with van der Waals surface area (Å²) in [5.74, 6) is 0.0289. The number of benzene rings is 2. The molecule has 0 aliphatic rings. The molecular formula is C16H18FNO3. The molecule has 2 aromatic carbocycles. The summed E-state index contributed by atoms with van der Waals surface area (Å²) in [5.41, 5.74) is 6.68. The SMILES string of the molecule is CCOC(c1ccc(OC)cc1)c1cc(F)cc(N)c1O. The Morgan fingerprint density at radius 2 is 1.90 bits per heavy atom. The van der Waals surface area contributed by atoms with E-state index in [0.717, 1.165) is 11.6 Å². The highest BCUT2D eigenvalue weighted by Crippen LogP contribution is 2.37. The summed E-state index contributed by atoms with van der Waals surface area (Å²) >= 11 is 0. The van der Waals surface area contributed by atoms with Crippen molar-refractivity contribution in [3.05, 3.63) is 53.3 Å². The van der Waals surface area contributed by atoms with Crippen LogP contribution in [0.1, 0.15) is 24.2 Å². The van der Waals surface area contributed by atoms with Gasteiger partial charge in [-0.3, -0.25) is 0 Å². The van der Waals surface area contributed by atoms with Gasteiger partial charge in [0.25, 0.3) is 0 Å². The molecule has 2 aromatic rings. The third-order valence-electron chi connectivity index (χ3n) is 3.17. The van der Waals surface area contributed by atoms with Crippen molar-refractivity contribution in [2.75, 3.05) is 19.5 Å². The lowest BCUT2D eigenvalue weighted by molar-refractivity contribution is 0.0893. The average molecular weight is 291 g/mol. The molecule has 0 aliphatic heterocycles. The number of aromatic hydroxyl groups is 1. The van der Waals surface area contributed by atoms with Crippen LogP contribution in [0.5, 0.6) is 11.5 Å². The van der Waals surface area contributed by atoms with Crippen LogP contribution < -0.4 is 10.5 Å². The molecule has 2 rings (SSSR count). The minimum absolute atomic E-state index is 0.0109. The standard InChI is InChI=1S/C16H18FNO3/c1-3-21-16(10-4-6-12(20-2)7-5-10)13-8-11(17)9-14(18)15(13)19/h4-9,16,19H,3,18H2,1-2H3. The van der Waals surface area contributed by atoms with Crippen molar-refractivity contribution < 1.29 is 19.0 Å². The summed E-state index contributed by atoms with van der Waals surface area (Å²) in [6, 6.07) is 9.48. The molecule has 0 aromatic heterocycles. The molecule has 21 heavy (non-hydrogen) atoms. The number of hydrogen-bond acceptors (Lipinski definition) is 4. The topological polar surface area (TPSA) is 64.7 Å². The van der Waals surface area contributed by atoms with Crippen LogP contribution in [0.25, 0.3) is 0 Å². The summed E-state index contributed by atoms with van der Waals surface area (Å²) in [7, 11) is 1.58. The van der Waals surface area contributed by atoms with Gasteiger partial charge in [-0.05, 0) is 30.7 Å². The number of anilines is 1. The fourth-order valence-corrected chi connectivity index (χ4v) is 2.15. The monoisotopic (exact) mass is 291 g/mol. The molecule has 5 heteroatoms. The highest BCUT2D eigenvalue weighted by atomic mass is 19.1. The van der Waals surface area contributed by atoms with Gasteiger partial charge in [-0.25, -0.2) is 4.39 Å². The Morgan fingerprint density at radius 1 is 1.24 bits per heavy atom. The van der Waals surface area contributed by atoms with Gasteiger partial charge < -0.3 is 20.3 Å². The van der Waals surface area contributed by atoms with Crippen LogP contribution in [-0.4, -0.2) is 18.8 Å². The van der Waals surface area contributed by atoms with E-state index >= 15 is 0 Å². The Bertz CT molecular complexity index is 614. The van der Waals surface area contributed by atoms with Gasteiger partial charge in [0.2, 0.25) is 0 Å². The molecule has 4 nitrogen and oxygen atoms in total. The van der Waals surface area contributed by atoms with Crippen LogP contribution in [0.2, 0.25) is 0 Å². The number of phenols is 1. The number of halogens is 1. The number of phenolic OH excluding ortho intramolecular Hbond substituents is 1. The second-order valence-corrected chi connectivity index (χ2v) is 4.54. The largest absolute Gasteiger partial charge is 0.505 e. The third-order valence-corrected chi connectivity index (χ3v) is 3.17. The van der Waals surface area contributed by atoms with Gasteiger partial charge in [-0.2, -0.15) is 0 Å². The number of nitrogens with two attached hydrogens (primary N) is 1. The van der Waals surface area contributed by atoms with Crippen LogP contribution >= 0.6 is 0 Å². The molecule has 0 bridgehead atoms. The predicted molar refractivity (Wildman–Crippen MR) is 78.9 cm³/mol. The molecule has 0 fully saturated rings. The van der Waals surface area contributed by atoms with Crippen LogP contribution in [0, 0.1) is 5.82 Å². The van der Waals surface area contributed by atoms with Crippen molar-refractivity contribution in [3.63, 3.8) is 0 Å². The summed E-state index contributed by atoms with van der Waals surface area (Å²) in [6.45, 7) is 2.24. The van der Waals surface area contributed by atoms with E-state index in [4.69, 9.17) is 15.2 Å². The lowest BCUT2D eigenvalue weighted by Crippen LogP contribution is -2.08. The first kappa shape index (κ1) is 15.1. The van der Waals surface area contributed by atoms with Crippen LogP contribution in [0.4, 0.5) is 10.1 Å². The minimum Gasteiger partial charge on any atom is -0.505 e. The Kier molecular flexibility index (Phi) is 4.65. The summed E-state index contributed by atoms with van der Waals surface area (Å²) in [6.07, 6.45) is -0.598. The van der Waals surface area contributed by atoms with E-state index in [9.17, 15) is 9.50 Å². The first-order valence-corrected chi connectivity index (χ1v) is 6.60. The smallest absolute Gasteiger partial charge is 0.144 e. The Balaban J connectivity index is 2.47. The lowest BCUT2D eigenvalue weighted by atomic mass is 9.99. The Labute approximate surface area is 122 Å². The predicted octanol–water partition coefficient (Wildman–Crippen LogP) is 3.25. The molecular weight excluding hydrogens is 273 g/mol. The molecule has 0 saturated carbocycles. The van der Waals surface area contributed by atoms with E-state index in [1.807, 2.05) is 6.92 Å². The summed E-state index contributed by atoms with van der Waals surface area (Å²) < 4.78 is 24.3. The van der Waals surface area contributed by atoms with Crippen molar-refractivity contribution in [1.82, 2.24) is 0 Å². The normalized spacial score (nSPS) is 12.1. The van der Waals surface area contributed by atoms with Crippen molar-refractivity contribution >= 4 is 5.69 Å². The van der Waals surface area contributed by atoms with Gasteiger partial charge >= 0.3 is 0 Å². The van der Waals surface area contributed by atoms with Crippen LogP contribution in [-0.2, 0) is 4.74 Å². The molecule has 0 radical (unpaired) electrons. The molecule has 0 spiro atoms. The molecule has 3 N–H and O–H groups in total. The molecule has 1 unspecified atom stereocenters. The van der Waals surface area contributed by atoms with E-state index < -0.39 is 11.9 Å². The quantitative estimate of drug-likeness (QED) is 0.655. The maximum Gasteiger partial charge on any atom is 0.144 e. The van der Waals surface area contributed by atoms with Gasteiger partial charge in [0.15, 0.2) is 0 Å². The maximum atomic E-state index is 13.6.